The summed E-state index contributed by atoms with van der Waals surface area (Å²) < 4.78 is 14.2. The normalized spacial score (nSPS) is 39.0. The summed E-state index contributed by atoms with van der Waals surface area (Å²) in [6.45, 7) is 2.69. The van der Waals surface area contributed by atoms with Gasteiger partial charge in [-0.05, 0) is 45.1 Å². The van der Waals surface area contributed by atoms with Crippen molar-refractivity contribution in [2.45, 2.75) is 63.6 Å². The van der Waals surface area contributed by atoms with Crippen molar-refractivity contribution in [1.82, 2.24) is 10.2 Å². The van der Waals surface area contributed by atoms with Gasteiger partial charge in [0, 0.05) is 25.0 Å². The summed E-state index contributed by atoms with van der Waals surface area (Å²) in [6, 6.07) is 0.180. The van der Waals surface area contributed by atoms with Crippen LogP contribution in [-0.4, -0.2) is 42.7 Å². The molecule has 2 aliphatic heterocycles. The molecule has 1 saturated carbocycles. The Morgan fingerprint density at radius 2 is 1.90 bits per heavy atom. The first-order chi connectivity index (χ1) is 9.77. The van der Waals surface area contributed by atoms with Crippen LogP contribution < -0.4 is 5.32 Å². The van der Waals surface area contributed by atoms with E-state index in [0.717, 1.165) is 64.6 Å². The van der Waals surface area contributed by atoms with Crippen LogP contribution in [-0.2, 0) is 4.79 Å². The van der Waals surface area contributed by atoms with E-state index in [2.05, 4.69) is 5.32 Å². The van der Waals surface area contributed by atoms with Gasteiger partial charge in [0.05, 0.1) is 5.92 Å². The van der Waals surface area contributed by atoms with Gasteiger partial charge in [0.25, 0.3) is 0 Å². The lowest BCUT2D eigenvalue weighted by Crippen LogP contribution is -2.49. The van der Waals surface area contributed by atoms with Crippen molar-refractivity contribution in [2.75, 3.05) is 19.6 Å². The molecule has 3 nitrogen and oxygen atoms in total. The Balaban J connectivity index is 1.66. The van der Waals surface area contributed by atoms with E-state index < -0.39 is 6.17 Å². The number of hydrogen-bond acceptors (Lipinski definition) is 2. The highest BCUT2D eigenvalue weighted by Crippen LogP contribution is 2.37. The number of amides is 1. The van der Waals surface area contributed by atoms with Crippen molar-refractivity contribution in [3.05, 3.63) is 0 Å². The largest absolute Gasteiger partial charge is 0.339 e. The molecule has 114 valence electrons. The minimum Gasteiger partial charge on any atom is -0.339 e. The van der Waals surface area contributed by atoms with Gasteiger partial charge in [-0.2, -0.15) is 0 Å². The molecule has 2 saturated heterocycles. The smallest absolute Gasteiger partial charge is 0.227 e. The van der Waals surface area contributed by atoms with Crippen molar-refractivity contribution in [2.24, 2.45) is 11.8 Å². The van der Waals surface area contributed by atoms with Crippen molar-refractivity contribution in [1.29, 1.82) is 0 Å². The van der Waals surface area contributed by atoms with E-state index in [9.17, 15) is 9.18 Å². The van der Waals surface area contributed by atoms with E-state index in [-0.39, 0.29) is 23.8 Å². The van der Waals surface area contributed by atoms with Crippen LogP contribution in [0.15, 0.2) is 0 Å². The first-order valence-corrected chi connectivity index (χ1v) is 8.42. The summed E-state index contributed by atoms with van der Waals surface area (Å²) >= 11 is 0. The summed E-state index contributed by atoms with van der Waals surface area (Å²) in [7, 11) is 0. The minimum absolute atomic E-state index is 0.103. The van der Waals surface area contributed by atoms with Crippen LogP contribution in [0, 0.1) is 11.8 Å². The van der Waals surface area contributed by atoms with Crippen LogP contribution in [0.4, 0.5) is 4.39 Å². The summed E-state index contributed by atoms with van der Waals surface area (Å²) in [5.74, 6) is 0.523. The second-order valence-electron chi connectivity index (χ2n) is 6.75. The number of halogens is 1. The molecule has 20 heavy (non-hydrogen) atoms. The maximum atomic E-state index is 14.2. The maximum absolute atomic E-state index is 14.2. The molecule has 0 aromatic carbocycles. The molecule has 3 rings (SSSR count). The molecule has 2 heterocycles. The van der Waals surface area contributed by atoms with E-state index >= 15 is 0 Å². The number of nitrogens with one attached hydrogen (secondary N) is 1. The monoisotopic (exact) mass is 282 g/mol. The van der Waals surface area contributed by atoms with Crippen LogP contribution in [0.3, 0.4) is 0 Å². The zero-order chi connectivity index (χ0) is 13.9. The summed E-state index contributed by atoms with van der Waals surface area (Å²) in [5.41, 5.74) is 0. The lowest BCUT2D eigenvalue weighted by atomic mass is 9.81. The second kappa shape index (κ2) is 6.42. The highest BCUT2D eigenvalue weighted by atomic mass is 19.1. The Hall–Kier alpha value is -0.640. The van der Waals surface area contributed by atoms with Crippen LogP contribution >= 0.6 is 0 Å². The molecule has 3 fully saturated rings. The summed E-state index contributed by atoms with van der Waals surface area (Å²) in [5, 5.41) is 3.32. The van der Waals surface area contributed by atoms with Gasteiger partial charge in [-0.15, -0.1) is 0 Å². The fraction of sp³-hybridized carbons (Fsp3) is 0.938. The Labute approximate surface area is 121 Å². The standard InChI is InChI=1S/C16H27FN2O/c17-14-7-2-1-6-13(14)15-8-4-10-19(15)16(20)12-5-3-9-18-11-12/h12-15,18H,1-11H2. The van der Waals surface area contributed by atoms with E-state index in [1.807, 2.05) is 4.90 Å². The van der Waals surface area contributed by atoms with Crippen molar-refractivity contribution in [3.63, 3.8) is 0 Å². The van der Waals surface area contributed by atoms with Gasteiger partial charge in [-0.3, -0.25) is 4.79 Å². The first-order valence-electron chi connectivity index (χ1n) is 8.42. The highest BCUT2D eigenvalue weighted by molar-refractivity contribution is 5.79. The van der Waals surface area contributed by atoms with Crippen molar-refractivity contribution < 1.29 is 9.18 Å². The Kier molecular flexibility index (Phi) is 4.59. The third-order valence-electron chi connectivity index (χ3n) is 5.45. The van der Waals surface area contributed by atoms with Gasteiger partial charge in [-0.1, -0.05) is 12.8 Å². The second-order valence-corrected chi connectivity index (χ2v) is 6.75. The average molecular weight is 282 g/mol. The fourth-order valence-electron chi connectivity index (χ4n) is 4.36. The van der Waals surface area contributed by atoms with Crippen LogP contribution in [0.5, 0.6) is 0 Å². The van der Waals surface area contributed by atoms with E-state index in [0.29, 0.717) is 6.42 Å². The number of alkyl halides is 1. The molecule has 3 aliphatic rings. The number of nitrogens with zero attached hydrogens (tertiary/aromatic N) is 1. The predicted molar refractivity (Wildman–Crippen MR) is 77.2 cm³/mol. The number of likely N-dealkylation sites (tertiary alicyclic amines) is 1. The van der Waals surface area contributed by atoms with E-state index in [1.165, 1.54) is 0 Å². The van der Waals surface area contributed by atoms with Crippen molar-refractivity contribution >= 4 is 5.91 Å². The lowest BCUT2D eigenvalue weighted by Gasteiger charge is -2.38. The van der Waals surface area contributed by atoms with Gasteiger partial charge < -0.3 is 10.2 Å². The molecule has 1 N–H and O–H groups in total. The quantitative estimate of drug-likeness (QED) is 0.844. The van der Waals surface area contributed by atoms with Gasteiger partial charge in [0.2, 0.25) is 5.91 Å². The highest BCUT2D eigenvalue weighted by Gasteiger charge is 2.41. The Morgan fingerprint density at radius 1 is 1.05 bits per heavy atom. The minimum atomic E-state index is -0.688. The number of hydrogen-bond donors (Lipinski definition) is 1. The topological polar surface area (TPSA) is 32.3 Å². The molecular formula is C16H27FN2O. The Morgan fingerprint density at radius 3 is 2.65 bits per heavy atom. The van der Waals surface area contributed by atoms with Gasteiger partial charge in [0.1, 0.15) is 6.17 Å². The zero-order valence-electron chi connectivity index (χ0n) is 12.3. The number of rotatable bonds is 2. The SMILES string of the molecule is O=C(C1CCCNC1)N1CCCC1C1CCCCC1F. The number of carbonyl (C=O) groups is 1. The van der Waals surface area contributed by atoms with Gasteiger partial charge in [0.15, 0.2) is 0 Å². The van der Waals surface area contributed by atoms with E-state index in [1.54, 1.807) is 0 Å². The third-order valence-corrected chi connectivity index (χ3v) is 5.45. The van der Waals surface area contributed by atoms with Gasteiger partial charge >= 0.3 is 0 Å². The van der Waals surface area contributed by atoms with E-state index in [4.69, 9.17) is 0 Å². The molecule has 1 amide bonds. The summed E-state index contributed by atoms with van der Waals surface area (Å²) in [4.78, 5) is 14.8. The lowest BCUT2D eigenvalue weighted by molar-refractivity contribution is -0.138. The van der Waals surface area contributed by atoms with Crippen molar-refractivity contribution in [3.8, 4) is 0 Å². The molecule has 0 bridgehead atoms. The third kappa shape index (κ3) is 2.85. The Bertz CT molecular complexity index is 343. The van der Waals surface area contributed by atoms with Crippen LogP contribution in [0.2, 0.25) is 0 Å². The molecule has 0 spiro atoms. The fourth-order valence-corrected chi connectivity index (χ4v) is 4.36. The first kappa shape index (κ1) is 14.3. The van der Waals surface area contributed by atoms with Crippen LogP contribution in [0.25, 0.3) is 0 Å². The average Bonchev–Trinajstić information content (AvgIpc) is 2.97. The number of piperidine rings is 1. The summed E-state index contributed by atoms with van der Waals surface area (Å²) in [6.07, 6.45) is 7.29. The maximum Gasteiger partial charge on any atom is 0.227 e. The van der Waals surface area contributed by atoms with Gasteiger partial charge in [-0.25, -0.2) is 4.39 Å². The molecular weight excluding hydrogens is 255 g/mol. The molecule has 4 atom stereocenters. The molecule has 1 aliphatic carbocycles. The zero-order valence-corrected chi connectivity index (χ0v) is 12.3. The molecule has 4 unspecified atom stereocenters. The predicted octanol–water partition coefficient (Wildman–Crippen LogP) is 2.51. The molecule has 0 aromatic heterocycles. The molecule has 0 aromatic rings. The molecule has 0 radical (unpaired) electrons. The van der Waals surface area contributed by atoms with Crippen LogP contribution in [0.1, 0.15) is 51.4 Å². The molecule has 4 heteroatoms. The number of carbonyl (C=O) groups excluding carboxylic acids is 1.